The second kappa shape index (κ2) is 11.8. The van der Waals surface area contributed by atoms with Gasteiger partial charge in [-0.25, -0.2) is 23.5 Å². The van der Waals surface area contributed by atoms with Gasteiger partial charge in [0.25, 0.3) is 0 Å². The number of hydrogen-bond donors (Lipinski definition) is 2. The molecule has 3 rings (SSSR count). The Labute approximate surface area is 223 Å². The standard InChI is InChI=1S/C29H37F2N5O2/c1-17(2)20(16-23(32)25-21(30)8-7-9-22(25)31)26(33)18(3)24-10-13-34-27(35-24)19-11-14-36(15-12-19)28(37)38-29(4,5)6/h7-11,13,16-18H,12,14-15,32-33H2,1-6H3/b23-16-,26-20+. The maximum atomic E-state index is 14.3. The van der Waals surface area contributed by atoms with Crippen LogP contribution in [0.1, 0.15) is 71.0 Å². The third-order valence-corrected chi connectivity index (χ3v) is 6.25. The summed E-state index contributed by atoms with van der Waals surface area (Å²) in [5.74, 6) is -1.28. The molecule has 2 heterocycles. The van der Waals surface area contributed by atoms with Gasteiger partial charge in [0, 0.05) is 36.6 Å². The van der Waals surface area contributed by atoms with Crippen LogP contribution in [0.25, 0.3) is 11.3 Å². The number of amides is 1. The number of carbonyl (C=O) groups excluding carboxylic acids is 1. The van der Waals surface area contributed by atoms with Crippen LogP contribution in [0.5, 0.6) is 0 Å². The van der Waals surface area contributed by atoms with Crippen LogP contribution < -0.4 is 11.5 Å². The fourth-order valence-electron chi connectivity index (χ4n) is 4.14. The summed E-state index contributed by atoms with van der Waals surface area (Å²) in [5, 5.41) is 0. The predicted octanol–water partition coefficient (Wildman–Crippen LogP) is 5.75. The highest BCUT2D eigenvalue weighted by atomic mass is 19.1. The first-order valence-corrected chi connectivity index (χ1v) is 12.7. The van der Waals surface area contributed by atoms with Gasteiger partial charge in [-0.3, -0.25) is 0 Å². The van der Waals surface area contributed by atoms with Crippen molar-refractivity contribution in [2.75, 3.05) is 13.1 Å². The van der Waals surface area contributed by atoms with Crippen molar-refractivity contribution in [3.05, 3.63) is 82.6 Å². The third-order valence-electron chi connectivity index (χ3n) is 6.25. The maximum absolute atomic E-state index is 14.3. The molecular weight excluding hydrogens is 488 g/mol. The number of ether oxygens (including phenoxy) is 1. The van der Waals surface area contributed by atoms with Crippen LogP contribution >= 0.6 is 0 Å². The van der Waals surface area contributed by atoms with Crippen molar-refractivity contribution in [1.82, 2.24) is 14.9 Å². The molecule has 0 saturated carbocycles. The number of allylic oxidation sites excluding steroid dienone is 3. The van der Waals surface area contributed by atoms with Crippen LogP contribution in [-0.4, -0.2) is 39.7 Å². The Hall–Kier alpha value is -3.75. The Bertz CT molecular complexity index is 1260. The van der Waals surface area contributed by atoms with E-state index in [1.54, 1.807) is 17.2 Å². The predicted molar refractivity (Wildman–Crippen MR) is 145 cm³/mol. The lowest BCUT2D eigenvalue weighted by Gasteiger charge is -2.29. The molecule has 1 unspecified atom stereocenters. The van der Waals surface area contributed by atoms with Gasteiger partial charge in [0.05, 0.1) is 11.3 Å². The van der Waals surface area contributed by atoms with Crippen molar-refractivity contribution >= 4 is 17.4 Å². The van der Waals surface area contributed by atoms with Crippen molar-refractivity contribution in [2.45, 2.75) is 59.5 Å². The molecule has 0 radical (unpaired) electrons. The van der Waals surface area contributed by atoms with Crippen LogP contribution in [0.2, 0.25) is 0 Å². The molecule has 1 aromatic carbocycles. The van der Waals surface area contributed by atoms with E-state index in [0.29, 0.717) is 42.3 Å². The second-order valence-electron chi connectivity index (χ2n) is 10.7. The fraction of sp³-hybridized carbons (Fsp3) is 0.414. The van der Waals surface area contributed by atoms with E-state index in [4.69, 9.17) is 21.2 Å². The highest BCUT2D eigenvalue weighted by Gasteiger charge is 2.25. The Morgan fingerprint density at radius 3 is 2.34 bits per heavy atom. The van der Waals surface area contributed by atoms with Gasteiger partial charge in [-0.1, -0.05) is 32.9 Å². The average Bonchev–Trinajstić information content (AvgIpc) is 2.85. The van der Waals surface area contributed by atoms with Gasteiger partial charge in [0.15, 0.2) is 5.82 Å². The van der Waals surface area contributed by atoms with Gasteiger partial charge in [-0.2, -0.15) is 0 Å². The van der Waals surface area contributed by atoms with E-state index in [1.165, 1.54) is 24.3 Å². The molecule has 7 nitrogen and oxygen atoms in total. The van der Waals surface area contributed by atoms with E-state index < -0.39 is 17.2 Å². The molecule has 0 saturated heterocycles. The summed E-state index contributed by atoms with van der Waals surface area (Å²) in [6.45, 7) is 12.2. The molecule has 0 spiro atoms. The molecule has 1 atom stereocenters. The Balaban J connectivity index is 1.86. The summed E-state index contributed by atoms with van der Waals surface area (Å²) < 4.78 is 34.0. The normalized spacial score (nSPS) is 16.2. The number of aromatic nitrogens is 2. The van der Waals surface area contributed by atoms with E-state index in [1.807, 2.05) is 47.6 Å². The molecule has 1 aliphatic heterocycles. The van der Waals surface area contributed by atoms with E-state index in [9.17, 15) is 13.6 Å². The van der Waals surface area contributed by atoms with Crippen molar-refractivity contribution in [2.24, 2.45) is 17.4 Å². The summed E-state index contributed by atoms with van der Waals surface area (Å²) in [6, 6.07) is 5.41. The third kappa shape index (κ3) is 6.96. The molecule has 204 valence electrons. The van der Waals surface area contributed by atoms with Crippen LogP contribution in [0, 0.1) is 17.6 Å². The van der Waals surface area contributed by atoms with E-state index >= 15 is 0 Å². The lowest BCUT2D eigenvalue weighted by Crippen LogP contribution is -2.39. The Morgan fingerprint density at radius 2 is 1.79 bits per heavy atom. The largest absolute Gasteiger partial charge is 0.444 e. The minimum Gasteiger partial charge on any atom is -0.444 e. The Morgan fingerprint density at radius 1 is 1.13 bits per heavy atom. The molecule has 1 amide bonds. The average molecular weight is 526 g/mol. The summed E-state index contributed by atoms with van der Waals surface area (Å²) in [4.78, 5) is 23.2. The molecule has 0 bridgehead atoms. The zero-order valence-corrected chi connectivity index (χ0v) is 22.9. The first-order valence-electron chi connectivity index (χ1n) is 12.7. The monoisotopic (exact) mass is 525 g/mol. The minimum atomic E-state index is -0.736. The van der Waals surface area contributed by atoms with Crippen molar-refractivity contribution in [3.8, 4) is 0 Å². The van der Waals surface area contributed by atoms with E-state index in [2.05, 4.69) is 4.98 Å². The number of nitrogens with two attached hydrogens (primary N) is 2. The number of nitrogens with zero attached hydrogens (tertiary/aromatic N) is 3. The van der Waals surface area contributed by atoms with Crippen LogP contribution in [0.4, 0.5) is 13.6 Å². The number of hydrogen-bond acceptors (Lipinski definition) is 6. The highest BCUT2D eigenvalue weighted by molar-refractivity contribution is 5.71. The van der Waals surface area contributed by atoms with E-state index in [0.717, 1.165) is 5.57 Å². The van der Waals surface area contributed by atoms with E-state index in [-0.39, 0.29) is 29.2 Å². The SMILES string of the molecule is CC(C)C(/C=C(\N)c1c(F)cccc1F)=C(/N)C(C)c1ccnc(C2=CCN(C(=O)OC(C)(C)C)CC2)n1. The van der Waals surface area contributed by atoms with Crippen LogP contribution in [0.15, 0.2) is 53.9 Å². The topological polar surface area (TPSA) is 107 Å². The van der Waals surface area contributed by atoms with Gasteiger partial charge in [0.1, 0.15) is 17.2 Å². The zero-order valence-electron chi connectivity index (χ0n) is 22.9. The number of rotatable bonds is 6. The van der Waals surface area contributed by atoms with Gasteiger partial charge in [-0.15, -0.1) is 0 Å². The molecular formula is C29H37F2N5O2. The molecule has 9 heteroatoms. The molecule has 1 aromatic heterocycles. The summed E-state index contributed by atoms with van der Waals surface area (Å²) in [6.07, 6.45) is 5.39. The summed E-state index contributed by atoms with van der Waals surface area (Å²) in [5.41, 5.74) is 14.6. The lowest BCUT2D eigenvalue weighted by atomic mass is 9.91. The number of carbonyl (C=O) groups is 1. The minimum absolute atomic E-state index is 0.0373. The molecule has 0 aliphatic carbocycles. The summed E-state index contributed by atoms with van der Waals surface area (Å²) in [7, 11) is 0. The van der Waals surface area contributed by atoms with Crippen LogP contribution in [-0.2, 0) is 4.74 Å². The van der Waals surface area contributed by atoms with Crippen molar-refractivity contribution < 1.29 is 18.3 Å². The first kappa shape index (κ1) is 28.8. The summed E-state index contributed by atoms with van der Waals surface area (Å²) >= 11 is 0. The molecule has 2 aromatic rings. The molecule has 38 heavy (non-hydrogen) atoms. The van der Waals surface area contributed by atoms with Gasteiger partial charge >= 0.3 is 6.09 Å². The van der Waals surface area contributed by atoms with Crippen LogP contribution in [0.3, 0.4) is 0 Å². The fourth-order valence-corrected chi connectivity index (χ4v) is 4.14. The first-order chi connectivity index (χ1) is 17.8. The molecule has 1 aliphatic rings. The second-order valence-corrected chi connectivity index (χ2v) is 10.7. The Kier molecular flexibility index (Phi) is 8.91. The smallest absolute Gasteiger partial charge is 0.410 e. The number of halogens is 2. The van der Waals surface area contributed by atoms with Crippen molar-refractivity contribution in [1.29, 1.82) is 0 Å². The zero-order chi connectivity index (χ0) is 28.2. The van der Waals surface area contributed by atoms with Gasteiger partial charge in [-0.05, 0) is 68.5 Å². The molecule has 4 N–H and O–H groups in total. The lowest BCUT2D eigenvalue weighted by molar-refractivity contribution is 0.0270. The number of benzene rings is 1. The maximum Gasteiger partial charge on any atom is 0.410 e. The van der Waals surface area contributed by atoms with Crippen molar-refractivity contribution in [3.63, 3.8) is 0 Å². The highest BCUT2D eigenvalue weighted by Crippen LogP contribution is 2.29. The van der Waals surface area contributed by atoms with Gasteiger partial charge in [0.2, 0.25) is 0 Å². The molecule has 0 fully saturated rings. The van der Waals surface area contributed by atoms with Gasteiger partial charge < -0.3 is 21.1 Å². The quantitative estimate of drug-likeness (QED) is 0.465.